The summed E-state index contributed by atoms with van der Waals surface area (Å²) in [7, 11) is 1.72. The standard InChI is InChI=1S/C15H15N5O/c1-20-9-12(16)14(19-20)15(21)18-8-11-5-2-4-10-6-3-7-17-13(10)11/h2-7,9H,8,16H2,1H3,(H,18,21). The highest BCUT2D eigenvalue weighted by Crippen LogP contribution is 2.16. The second-order valence-corrected chi connectivity index (χ2v) is 4.78. The molecule has 0 aliphatic carbocycles. The van der Waals surface area contributed by atoms with Gasteiger partial charge in [-0.25, -0.2) is 0 Å². The number of nitrogens with zero attached hydrogens (tertiary/aromatic N) is 3. The molecule has 21 heavy (non-hydrogen) atoms. The van der Waals surface area contributed by atoms with Gasteiger partial charge in [-0.15, -0.1) is 0 Å². The molecule has 0 fully saturated rings. The van der Waals surface area contributed by atoms with Crippen molar-refractivity contribution in [3.05, 3.63) is 54.0 Å². The zero-order valence-corrected chi connectivity index (χ0v) is 11.6. The number of benzene rings is 1. The van der Waals surface area contributed by atoms with Crippen molar-refractivity contribution in [2.75, 3.05) is 5.73 Å². The van der Waals surface area contributed by atoms with Crippen LogP contribution in [0.5, 0.6) is 0 Å². The van der Waals surface area contributed by atoms with Crippen LogP contribution in [0, 0.1) is 0 Å². The maximum absolute atomic E-state index is 12.1. The van der Waals surface area contributed by atoms with Gasteiger partial charge in [0.1, 0.15) is 0 Å². The molecule has 2 heterocycles. The number of fused-ring (bicyclic) bond motifs is 1. The maximum Gasteiger partial charge on any atom is 0.274 e. The summed E-state index contributed by atoms with van der Waals surface area (Å²) < 4.78 is 1.52. The average Bonchev–Trinajstić information content (AvgIpc) is 2.83. The molecule has 6 nitrogen and oxygen atoms in total. The van der Waals surface area contributed by atoms with Crippen LogP contribution in [0.2, 0.25) is 0 Å². The number of amides is 1. The molecule has 3 aromatic rings. The minimum absolute atomic E-state index is 0.241. The van der Waals surface area contributed by atoms with Crippen LogP contribution in [-0.4, -0.2) is 20.7 Å². The van der Waals surface area contributed by atoms with Gasteiger partial charge in [0.2, 0.25) is 0 Å². The predicted octanol–water partition coefficient (Wildman–Crippen LogP) is 1.48. The first kappa shape index (κ1) is 13.1. The summed E-state index contributed by atoms with van der Waals surface area (Å²) in [5.74, 6) is -0.291. The monoisotopic (exact) mass is 281 g/mol. The van der Waals surface area contributed by atoms with Crippen LogP contribution >= 0.6 is 0 Å². The number of nitrogens with one attached hydrogen (secondary N) is 1. The number of nitrogen functional groups attached to an aromatic ring is 1. The van der Waals surface area contributed by atoms with Crippen molar-refractivity contribution in [3.8, 4) is 0 Å². The smallest absolute Gasteiger partial charge is 0.274 e. The fourth-order valence-electron chi connectivity index (χ4n) is 2.25. The summed E-state index contributed by atoms with van der Waals surface area (Å²) in [6, 6.07) is 9.76. The number of pyridine rings is 1. The molecule has 0 saturated carbocycles. The van der Waals surface area contributed by atoms with Crippen molar-refractivity contribution in [1.82, 2.24) is 20.1 Å². The molecule has 0 atom stereocenters. The van der Waals surface area contributed by atoms with Crippen molar-refractivity contribution in [2.24, 2.45) is 7.05 Å². The van der Waals surface area contributed by atoms with Gasteiger partial charge in [0.15, 0.2) is 5.69 Å². The molecule has 0 aliphatic rings. The number of carbonyl (C=O) groups excluding carboxylic acids is 1. The number of nitrogens with two attached hydrogens (primary N) is 1. The van der Waals surface area contributed by atoms with Crippen molar-refractivity contribution < 1.29 is 4.79 Å². The number of aromatic nitrogens is 3. The highest BCUT2D eigenvalue weighted by molar-refractivity contribution is 5.97. The Hall–Kier alpha value is -2.89. The Morgan fingerprint density at radius 1 is 1.33 bits per heavy atom. The molecular formula is C15H15N5O. The van der Waals surface area contributed by atoms with E-state index in [4.69, 9.17) is 5.73 Å². The molecule has 3 rings (SSSR count). The molecule has 0 spiro atoms. The van der Waals surface area contributed by atoms with Crippen LogP contribution in [0.15, 0.2) is 42.7 Å². The van der Waals surface area contributed by atoms with Crippen LogP contribution < -0.4 is 11.1 Å². The molecule has 2 aromatic heterocycles. The van der Waals surface area contributed by atoms with Crippen molar-refractivity contribution in [1.29, 1.82) is 0 Å². The van der Waals surface area contributed by atoms with Crippen LogP contribution in [0.25, 0.3) is 10.9 Å². The lowest BCUT2D eigenvalue weighted by atomic mass is 10.1. The Morgan fingerprint density at radius 3 is 2.90 bits per heavy atom. The van der Waals surface area contributed by atoms with E-state index in [1.807, 2.05) is 30.3 Å². The van der Waals surface area contributed by atoms with Gasteiger partial charge in [-0.2, -0.15) is 5.10 Å². The zero-order valence-electron chi connectivity index (χ0n) is 11.6. The summed E-state index contributed by atoms with van der Waals surface area (Å²) >= 11 is 0. The predicted molar refractivity (Wildman–Crippen MR) is 80.5 cm³/mol. The summed E-state index contributed by atoms with van der Waals surface area (Å²) in [5, 5.41) is 7.92. The topological polar surface area (TPSA) is 85.8 Å². The van der Waals surface area contributed by atoms with Gasteiger partial charge in [-0.3, -0.25) is 14.5 Å². The molecule has 0 radical (unpaired) electrons. The quantitative estimate of drug-likeness (QED) is 0.761. The van der Waals surface area contributed by atoms with Crippen LogP contribution in [0.3, 0.4) is 0 Å². The third-order valence-electron chi connectivity index (χ3n) is 3.23. The van der Waals surface area contributed by atoms with E-state index >= 15 is 0 Å². The third kappa shape index (κ3) is 2.55. The van der Waals surface area contributed by atoms with Gasteiger partial charge < -0.3 is 11.1 Å². The van der Waals surface area contributed by atoms with Gasteiger partial charge in [0.25, 0.3) is 5.91 Å². The molecular weight excluding hydrogens is 266 g/mol. The van der Waals surface area contributed by atoms with E-state index in [2.05, 4.69) is 15.4 Å². The van der Waals surface area contributed by atoms with Gasteiger partial charge in [-0.1, -0.05) is 24.3 Å². The number of hydrogen-bond donors (Lipinski definition) is 2. The van der Waals surface area contributed by atoms with E-state index in [0.717, 1.165) is 16.5 Å². The molecule has 0 aliphatic heterocycles. The number of carbonyl (C=O) groups is 1. The lowest BCUT2D eigenvalue weighted by Crippen LogP contribution is -2.24. The van der Waals surface area contributed by atoms with E-state index < -0.39 is 0 Å². The van der Waals surface area contributed by atoms with Crippen molar-refractivity contribution in [3.63, 3.8) is 0 Å². The lowest BCUT2D eigenvalue weighted by molar-refractivity contribution is 0.0946. The highest BCUT2D eigenvalue weighted by Gasteiger charge is 2.14. The second kappa shape index (κ2) is 5.24. The Bertz CT molecular complexity index is 803. The van der Waals surface area contributed by atoms with E-state index in [1.54, 1.807) is 19.4 Å². The molecule has 6 heteroatoms. The SMILES string of the molecule is Cn1cc(N)c(C(=O)NCc2cccc3cccnc23)n1. The Kier molecular flexibility index (Phi) is 3.27. The van der Waals surface area contributed by atoms with Gasteiger partial charge in [0.05, 0.1) is 11.2 Å². The minimum Gasteiger partial charge on any atom is -0.396 e. The Balaban J connectivity index is 1.81. The first-order valence-electron chi connectivity index (χ1n) is 6.55. The summed E-state index contributed by atoms with van der Waals surface area (Å²) in [6.45, 7) is 0.378. The van der Waals surface area contributed by atoms with Crippen molar-refractivity contribution >= 4 is 22.5 Å². The Labute approximate surface area is 121 Å². The van der Waals surface area contributed by atoms with Crippen LogP contribution in [-0.2, 0) is 13.6 Å². The van der Waals surface area contributed by atoms with Crippen molar-refractivity contribution in [2.45, 2.75) is 6.54 Å². The van der Waals surface area contributed by atoms with Gasteiger partial charge in [0, 0.05) is 31.4 Å². The second-order valence-electron chi connectivity index (χ2n) is 4.78. The number of aryl methyl sites for hydroxylation is 1. The van der Waals surface area contributed by atoms with E-state index in [0.29, 0.717) is 12.2 Å². The van der Waals surface area contributed by atoms with E-state index in [1.165, 1.54) is 4.68 Å². The van der Waals surface area contributed by atoms with Gasteiger partial charge in [-0.05, 0) is 11.6 Å². The number of rotatable bonds is 3. The zero-order chi connectivity index (χ0) is 14.8. The Morgan fingerprint density at radius 2 is 2.14 bits per heavy atom. The summed E-state index contributed by atoms with van der Waals surface area (Å²) in [6.07, 6.45) is 3.35. The number of anilines is 1. The lowest BCUT2D eigenvalue weighted by Gasteiger charge is -2.07. The van der Waals surface area contributed by atoms with Gasteiger partial charge >= 0.3 is 0 Å². The van der Waals surface area contributed by atoms with E-state index in [-0.39, 0.29) is 11.6 Å². The average molecular weight is 281 g/mol. The fourth-order valence-corrected chi connectivity index (χ4v) is 2.25. The molecule has 3 N–H and O–H groups in total. The summed E-state index contributed by atoms with van der Waals surface area (Å²) in [4.78, 5) is 16.5. The van der Waals surface area contributed by atoms with Crippen LogP contribution in [0.4, 0.5) is 5.69 Å². The molecule has 1 aromatic carbocycles. The molecule has 0 saturated heterocycles. The number of para-hydroxylation sites is 1. The minimum atomic E-state index is -0.291. The largest absolute Gasteiger partial charge is 0.396 e. The van der Waals surface area contributed by atoms with Crippen LogP contribution in [0.1, 0.15) is 16.1 Å². The molecule has 1 amide bonds. The molecule has 106 valence electrons. The molecule has 0 unspecified atom stereocenters. The number of hydrogen-bond acceptors (Lipinski definition) is 4. The highest BCUT2D eigenvalue weighted by atomic mass is 16.1. The molecule has 0 bridgehead atoms. The first-order valence-corrected chi connectivity index (χ1v) is 6.55. The third-order valence-corrected chi connectivity index (χ3v) is 3.23. The first-order chi connectivity index (χ1) is 10.1. The maximum atomic E-state index is 12.1. The normalized spacial score (nSPS) is 10.7. The van der Waals surface area contributed by atoms with E-state index in [9.17, 15) is 4.79 Å². The summed E-state index contributed by atoms with van der Waals surface area (Å²) in [5.41, 5.74) is 8.19. The fraction of sp³-hybridized carbons (Fsp3) is 0.133.